The van der Waals surface area contributed by atoms with E-state index in [9.17, 15) is 0 Å². The molecule has 0 bridgehead atoms. The van der Waals surface area contributed by atoms with Crippen LogP contribution in [0.2, 0.25) is 0 Å². The highest BCUT2D eigenvalue weighted by Gasteiger charge is 2.48. The van der Waals surface area contributed by atoms with Gasteiger partial charge < -0.3 is 9.80 Å². The molecule has 2 aliphatic heterocycles. The van der Waals surface area contributed by atoms with E-state index in [1.54, 1.807) is 0 Å². The van der Waals surface area contributed by atoms with Gasteiger partial charge in [0.2, 0.25) is 0 Å². The van der Waals surface area contributed by atoms with Crippen LogP contribution in [-0.2, 0) is 37.9 Å². The molecule has 0 saturated carbocycles. The largest absolute Gasteiger partial charge is 0.311 e. The number of hydrogen-bond donors (Lipinski definition) is 0. The lowest BCUT2D eigenvalue weighted by Crippen LogP contribution is -2.62. The van der Waals surface area contributed by atoms with Crippen molar-refractivity contribution < 1.29 is 0 Å². The summed E-state index contributed by atoms with van der Waals surface area (Å²) in [5.41, 5.74) is 26.5. The molecule has 388 valence electrons. The van der Waals surface area contributed by atoms with Crippen LogP contribution in [0.4, 0.5) is 34.1 Å². The minimum atomic E-state index is -0.127. The highest BCUT2D eigenvalue weighted by molar-refractivity contribution is 7.21. The fraction of sp³-hybridized carbons (Fsp3) is 0.394. The van der Waals surface area contributed by atoms with Crippen LogP contribution >= 0.6 is 11.3 Å². The van der Waals surface area contributed by atoms with Crippen LogP contribution < -0.4 is 26.2 Å². The van der Waals surface area contributed by atoms with Crippen LogP contribution in [0.25, 0.3) is 31.9 Å². The third-order valence-electron chi connectivity index (χ3n) is 18.7. The minimum Gasteiger partial charge on any atom is -0.311 e. The highest BCUT2D eigenvalue weighted by atomic mass is 32.1. The first-order chi connectivity index (χ1) is 35.5. The predicted octanol–water partition coefficient (Wildman–Crippen LogP) is 18.3. The van der Waals surface area contributed by atoms with E-state index in [-0.39, 0.29) is 44.6 Å². The van der Waals surface area contributed by atoms with E-state index < -0.39 is 0 Å². The summed E-state index contributed by atoms with van der Waals surface area (Å²) in [6.45, 7) is 40.7. The Balaban J connectivity index is 1.13. The van der Waals surface area contributed by atoms with Crippen molar-refractivity contribution in [2.45, 2.75) is 181 Å². The molecule has 0 spiro atoms. The molecule has 8 aromatic rings. The molecule has 0 amide bonds. The van der Waals surface area contributed by atoms with Crippen molar-refractivity contribution in [2.75, 3.05) is 9.80 Å². The van der Waals surface area contributed by atoms with Crippen molar-refractivity contribution in [1.29, 1.82) is 0 Å². The Morgan fingerprint density at radius 2 is 0.829 bits per heavy atom. The Morgan fingerprint density at radius 1 is 0.408 bits per heavy atom. The first kappa shape index (κ1) is 50.9. The van der Waals surface area contributed by atoms with Crippen LogP contribution in [0.15, 0.2) is 127 Å². The van der Waals surface area contributed by atoms with Crippen LogP contribution in [0.5, 0.6) is 0 Å². The van der Waals surface area contributed by atoms with Crippen LogP contribution in [-0.4, -0.2) is 11.7 Å². The van der Waals surface area contributed by atoms with Crippen LogP contribution in [0.1, 0.15) is 182 Å². The molecule has 5 heteroatoms. The van der Waals surface area contributed by atoms with Crippen molar-refractivity contribution in [3.63, 3.8) is 0 Å². The fourth-order valence-corrected chi connectivity index (χ4v) is 14.4. The summed E-state index contributed by atoms with van der Waals surface area (Å²) in [4.78, 5) is 10.9. The van der Waals surface area contributed by atoms with Gasteiger partial charge in [-0.1, -0.05) is 190 Å². The molecule has 76 heavy (non-hydrogen) atoms. The molecule has 1 aromatic heterocycles. The normalized spacial score (nSPS) is 17.9. The van der Waals surface area contributed by atoms with E-state index in [4.69, 9.17) is 4.98 Å². The third kappa shape index (κ3) is 8.22. The number of benzene rings is 7. The van der Waals surface area contributed by atoms with Crippen molar-refractivity contribution in [2.24, 2.45) is 0 Å². The molecular formula is C71H80BN3S. The number of aromatic nitrogens is 1. The number of fused-ring (bicyclic) bond motifs is 7. The van der Waals surface area contributed by atoms with Crippen molar-refractivity contribution in [3.05, 3.63) is 166 Å². The second-order valence-corrected chi connectivity index (χ2v) is 30.1. The van der Waals surface area contributed by atoms with E-state index >= 15 is 0 Å². The topological polar surface area (TPSA) is 19.4 Å². The summed E-state index contributed by atoms with van der Waals surface area (Å²) >= 11 is 1.83. The number of hydrogen-bond acceptors (Lipinski definition) is 4. The monoisotopic (exact) mass is 1020 g/mol. The summed E-state index contributed by atoms with van der Waals surface area (Å²) in [5.74, 6) is 0. The van der Waals surface area contributed by atoms with Crippen molar-refractivity contribution >= 4 is 78.8 Å². The summed E-state index contributed by atoms with van der Waals surface area (Å²) in [5, 5.41) is 1.05. The van der Waals surface area contributed by atoms with E-state index in [1.807, 2.05) is 11.3 Å². The summed E-state index contributed by atoms with van der Waals surface area (Å²) in [6.07, 6.45) is 4.69. The van der Waals surface area contributed by atoms with Crippen molar-refractivity contribution in [1.82, 2.24) is 4.98 Å². The minimum absolute atomic E-state index is 0.0107. The molecule has 7 aromatic carbocycles. The highest BCUT2D eigenvalue weighted by Crippen LogP contribution is 2.53. The Labute approximate surface area is 460 Å². The molecule has 0 saturated heterocycles. The van der Waals surface area contributed by atoms with Crippen LogP contribution in [0.3, 0.4) is 0 Å². The maximum atomic E-state index is 5.53. The lowest BCUT2D eigenvalue weighted by atomic mass is 9.33. The molecule has 0 radical (unpaired) electrons. The molecule has 0 N–H and O–H groups in total. The summed E-state index contributed by atoms with van der Waals surface area (Å²) in [7, 11) is 0. The zero-order chi connectivity index (χ0) is 54.0. The van der Waals surface area contributed by atoms with Gasteiger partial charge in [0.05, 0.1) is 10.2 Å². The van der Waals surface area contributed by atoms with E-state index in [0.717, 1.165) is 28.9 Å². The lowest BCUT2D eigenvalue weighted by molar-refractivity contribution is 0.332. The molecule has 3 heterocycles. The van der Waals surface area contributed by atoms with Gasteiger partial charge in [-0.15, -0.1) is 11.3 Å². The second kappa shape index (κ2) is 16.8. The number of anilines is 6. The van der Waals surface area contributed by atoms with Gasteiger partial charge in [0.25, 0.3) is 6.71 Å². The Kier molecular flexibility index (Phi) is 11.2. The first-order valence-corrected chi connectivity index (χ1v) is 29.2. The third-order valence-corrected chi connectivity index (χ3v) is 19.8. The lowest BCUT2D eigenvalue weighted by Gasteiger charge is -2.48. The van der Waals surface area contributed by atoms with Gasteiger partial charge in [0.1, 0.15) is 5.01 Å². The van der Waals surface area contributed by atoms with Crippen molar-refractivity contribution in [3.8, 4) is 21.7 Å². The molecule has 12 rings (SSSR count). The van der Waals surface area contributed by atoms with E-state index in [1.165, 1.54) is 118 Å². The van der Waals surface area contributed by atoms with Gasteiger partial charge in [-0.25, -0.2) is 4.98 Å². The number of thiazole rings is 1. The van der Waals surface area contributed by atoms with E-state index in [2.05, 4.69) is 255 Å². The summed E-state index contributed by atoms with van der Waals surface area (Å²) < 4.78 is 1.22. The SMILES string of the molecule is CC(C)(C)c1ccc(-c2ccc(-c3nc4cc5c(cc4s3)B3c4cc6c(cc4N(c4ccc7c(c4)C(C)(C)CCC7(C)C)c4cc(C(C)(C)C)cc(c43)N5c3ccc(C(C)(C)C)cc3)C(C)(C)CCC6(C)C)cc2)cc1. The molecule has 0 atom stereocenters. The molecule has 2 aliphatic carbocycles. The second-order valence-electron chi connectivity index (χ2n) is 29.1. The van der Waals surface area contributed by atoms with Gasteiger partial charge in [-0.3, -0.25) is 0 Å². The molecule has 4 aliphatic rings. The molecule has 3 nitrogen and oxygen atoms in total. The maximum absolute atomic E-state index is 5.53. The van der Waals surface area contributed by atoms with Crippen LogP contribution in [0, 0.1) is 0 Å². The zero-order valence-electron chi connectivity index (χ0n) is 48.8. The fourth-order valence-electron chi connectivity index (χ4n) is 13.4. The first-order valence-electron chi connectivity index (χ1n) is 28.4. The molecule has 0 unspecified atom stereocenters. The molecular weight excluding hydrogens is 938 g/mol. The quantitative estimate of drug-likeness (QED) is 0.164. The standard InChI is InChI=1S/C71H80BN3S/c1-65(2,3)46-24-22-44(23-25-46)43-18-20-45(21-19-43)64-73-57-42-59-56(41-62(57)76-64)72-55-39-53-54(71(16,17)35-34-70(53,14)15)40-58(55)75(50-30-31-51-52(38-50)69(12,13)33-32-68(51,10)11)61-37-48(67(7,8)9)36-60(63(61)72)74(59)49-28-26-47(27-29-49)66(4,5)6/h18-31,36-42H,32-35H2,1-17H3. The van der Waals surface area contributed by atoms with Gasteiger partial charge in [-0.05, 0) is 185 Å². The zero-order valence-corrected chi connectivity index (χ0v) is 49.6. The predicted molar refractivity (Wildman–Crippen MR) is 331 cm³/mol. The van der Waals surface area contributed by atoms with Gasteiger partial charge in [-0.2, -0.15) is 0 Å². The Hall–Kier alpha value is -5.91. The van der Waals surface area contributed by atoms with Gasteiger partial charge in [0.15, 0.2) is 0 Å². The van der Waals surface area contributed by atoms with Gasteiger partial charge >= 0.3 is 0 Å². The Morgan fingerprint density at radius 3 is 1.37 bits per heavy atom. The summed E-state index contributed by atoms with van der Waals surface area (Å²) in [6, 6.07) is 50.7. The van der Waals surface area contributed by atoms with Gasteiger partial charge in [0, 0.05) is 39.7 Å². The average Bonchev–Trinajstić information content (AvgIpc) is 3.95. The molecule has 0 fully saturated rings. The number of nitrogens with zero attached hydrogens (tertiary/aromatic N) is 3. The average molecular weight is 1020 g/mol. The Bertz CT molecular complexity index is 3640. The van der Waals surface area contributed by atoms with E-state index in [0.29, 0.717) is 0 Å². The maximum Gasteiger partial charge on any atom is 0.252 e. The number of rotatable bonds is 4. The smallest absolute Gasteiger partial charge is 0.252 e.